The van der Waals surface area contributed by atoms with Gasteiger partial charge >= 0.3 is 0 Å². The third-order valence-corrected chi connectivity index (χ3v) is 4.23. The highest BCUT2D eigenvalue weighted by Gasteiger charge is 2.33. The van der Waals surface area contributed by atoms with Crippen molar-refractivity contribution in [2.45, 2.75) is 25.3 Å². The lowest BCUT2D eigenvalue weighted by molar-refractivity contribution is 0.120. The molecule has 1 aromatic heterocycles. The summed E-state index contributed by atoms with van der Waals surface area (Å²) < 4.78 is 1.99. The Labute approximate surface area is 107 Å². The summed E-state index contributed by atoms with van der Waals surface area (Å²) in [5.41, 5.74) is 6.98. The minimum atomic E-state index is 0.164. The highest BCUT2D eigenvalue weighted by atomic mass is 16.1. The minimum Gasteiger partial charge on any atom is -0.330 e. The molecular formula is C14H21N3O. The molecule has 0 aromatic carbocycles. The molecule has 0 spiro atoms. The van der Waals surface area contributed by atoms with Gasteiger partial charge in [0.05, 0.1) is 0 Å². The van der Waals surface area contributed by atoms with Crippen LogP contribution in [0, 0.1) is 5.92 Å². The number of hydrogen-bond acceptors (Lipinski definition) is 3. The molecule has 0 unspecified atom stereocenters. The van der Waals surface area contributed by atoms with E-state index in [1.54, 1.807) is 6.07 Å². The van der Waals surface area contributed by atoms with Crippen molar-refractivity contribution in [1.29, 1.82) is 0 Å². The zero-order valence-corrected chi connectivity index (χ0v) is 10.7. The van der Waals surface area contributed by atoms with E-state index in [-0.39, 0.29) is 5.56 Å². The lowest BCUT2D eigenvalue weighted by Crippen LogP contribution is -2.47. The molecule has 18 heavy (non-hydrogen) atoms. The normalized spacial score (nSPS) is 26.9. The van der Waals surface area contributed by atoms with Crippen molar-refractivity contribution >= 4 is 0 Å². The van der Waals surface area contributed by atoms with E-state index < -0.39 is 0 Å². The van der Waals surface area contributed by atoms with E-state index >= 15 is 0 Å². The first kappa shape index (κ1) is 11.9. The van der Waals surface area contributed by atoms with E-state index in [1.165, 1.54) is 12.1 Å². The first-order chi connectivity index (χ1) is 8.78. The molecule has 2 atom stereocenters. The Morgan fingerprint density at radius 1 is 1.28 bits per heavy atom. The van der Waals surface area contributed by atoms with Crippen molar-refractivity contribution in [2.75, 3.05) is 26.2 Å². The largest absolute Gasteiger partial charge is 0.330 e. The molecule has 0 aliphatic carbocycles. The molecule has 2 bridgehead atoms. The fraction of sp³-hybridized carbons (Fsp3) is 0.643. The summed E-state index contributed by atoms with van der Waals surface area (Å²) in [6, 6.07) is 5.69. The van der Waals surface area contributed by atoms with Gasteiger partial charge in [-0.15, -0.1) is 0 Å². The van der Waals surface area contributed by atoms with Crippen molar-refractivity contribution in [1.82, 2.24) is 9.47 Å². The maximum atomic E-state index is 11.9. The van der Waals surface area contributed by atoms with Crippen LogP contribution < -0.4 is 11.3 Å². The van der Waals surface area contributed by atoms with Crippen LogP contribution >= 0.6 is 0 Å². The second kappa shape index (κ2) is 4.86. The Bertz CT molecular complexity index is 482. The molecule has 0 saturated carbocycles. The molecule has 2 aliphatic heterocycles. The molecule has 0 amide bonds. The van der Waals surface area contributed by atoms with E-state index in [0.717, 1.165) is 39.1 Å². The van der Waals surface area contributed by atoms with Gasteiger partial charge in [-0.1, -0.05) is 6.07 Å². The molecule has 4 heteroatoms. The molecule has 2 aliphatic rings. The molecule has 1 fully saturated rings. The molecule has 1 aromatic rings. The van der Waals surface area contributed by atoms with Crippen LogP contribution in [0.5, 0.6) is 0 Å². The van der Waals surface area contributed by atoms with Crippen molar-refractivity contribution in [3.63, 3.8) is 0 Å². The van der Waals surface area contributed by atoms with Gasteiger partial charge in [0.2, 0.25) is 0 Å². The maximum Gasteiger partial charge on any atom is 0.250 e. The van der Waals surface area contributed by atoms with Gasteiger partial charge in [-0.2, -0.15) is 0 Å². The summed E-state index contributed by atoms with van der Waals surface area (Å²) in [7, 11) is 0. The van der Waals surface area contributed by atoms with Gasteiger partial charge in [0.1, 0.15) is 0 Å². The molecule has 3 heterocycles. The highest BCUT2D eigenvalue weighted by Crippen LogP contribution is 2.34. The van der Waals surface area contributed by atoms with E-state index in [0.29, 0.717) is 11.8 Å². The van der Waals surface area contributed by atoms with Gasteiger partial charge in [0, 0.05) is 37.3 Å². The molecule has 2 N–H and O–H groups in total. The second-order valence-electron chi connectivity index (χ2n) is 5.60. The molecule has 4 nitrogen and oxygen atoms in total. The Morgan fingerprint density at radius 3 is 3.00 bits per heavy atom. The van der Waals surface area contributed by atoms with Gasteiger partial charge in [-0.3, -0.25) is 4.79 Å². The van der Waals surface area contributed by atoms with Crippen molar-refractivity contribution in [3.8, 4) is 0 Å². The van der Waals surface area contributed by atoms with Crippen LogP contribution in [0.3, 0.4) is 0 Å². The number of likely N-dealkylation sites (tertiary alicyclic amines) is 1. The summed E-state index contributed by atoms with van der Waals surface area (Å²) >= 11 is 0. The lowest BCUT2D eigenvalue weighted by Gasteiger charge is -2.42. The number of piperidine rings is 1. The zero-order chi connectivity index (χ0) is 12.5. The van der Waals surface area contributed by atoms with Crippen LogP contribution in [0.25, 0.3) is 0 Å². The van der Waals surface area contributed by atoms with Crippen LogP contribution in [0.4, 0.5) is 0 Å². The first-order valence-corrected chi connectivity index (χ1v) is 6.90. The number of nitrogens with two attached hydrogens (primary N) is 1. The summed E-state index contributed by atoms with van der Waals surface area (Å²) in [6.45, 7) is 4.96. The van der Waals surface area contributed by atoms with Crippen LogP contribution in [0.1, 0.15) is 24.5 Å². The third kappa shape index (κ3) is 2.10. The fourth-order valence-corrected chi connectivity index (χ4v) is 3.49. The Morgan fingerprint density at radius 2 is 2.17 bits per heavy atom. The summed E-state index contributed by atoms with van der Waals surface area (Å²) in [6.07, 6.45) is 2.31. The molecular weight excluding hydrogens is 226 g/mol. The molecule has 3 rings (SSSR count). The van der Waals surface area contributed by atoms with Crippen LogP contribution in [-0.2, 0) is 6.54 Å². The SMILES string of the molecule is NCCCN1C[C@@H]2C[C@H](C1)c1cccc(=O)n1C2. The number of rotatable bonds is 3. The van der Waals surface area contributed by atoms with Crippen molar-refractivity contribution in [3.05, 3.63) is 34.2 Å². The van der Waals surface area contributed by atoms with Crippen molar-refractivity contribution in [2.24, 2.45) is 11.7 Å². The van der Waals surface area contributed by atoms with Gasteiger partial charge in [-0.25, -0.2) is 0 Å². The average Bonchev–Trinajstić information content (AvgIpc) is 2.38. The fourth-order valence-electron chi connectivity index (χ4n) is 3.49. The van der Waals surface area contributed by atoms with E-state index in [4.69, 9.17) is 5.73 Å². The standard InChI is InChI=1S/C14H21N3O/c15-5-2-6-16-8-11-7-12(10-16)13-3-1-4-14(18)17(13)9-11/h1,3-4,11-12H,2,5-10,15H2/t11-,12+/m0/s1. The minimum absolute atomic E-state index is 0.164. The predicted octanol–water partition coefficient (Wildman–Crippen LogP) is 0.616. The second-order valence-corrected chi connectivity index (χ2v) is 5.60. The van der Waals surface area contributed by atoms with Crippen LogP contribution in [0.2, 0.25) is 0 Å². The maximum absolute atomic E-state index is 11.9. The number of pyridine rings is 1. The smallest absolute Gasteiger partial charge is 0.250 e. The van der Waals surface area contributed by atoms with E-state index in [1.807, 2.05) is 10.6 Å². The van der Waals surface area contributed by atoms with Gasteiger partial charge in [-0.05, 0) is 37.9 Å². The van der Waals surface area contributed by atoms with Gasteiger partial charge in [0.25, 0.3) is 5.56 Å². The van der Waals surface area contributed by atoms with Gasteiger partial charge in [0.15, 0.2) is 0 Å². The summed E-state index contributed by atoms with van der Waals surface area (Å²) in [4.78, 5) is 14.4. The third-order valence-electron chi connectivity index (χ3n) is 4.23. The summed E-state index contributed by atoms with van der Waals surface area (Å²) in [5.74, 6) is 1.17. The van der Waals surface area contributed by atoms with Gasteiger partial charge < -0.3 is 15.2 Å². The Hall–Kier alpha value is -1.13. The number of fused-ring (bicyclic) bond motifs is 4. The molecule has 1 saturated heterocycles. The Kier molecular flexibility index (Phi) is 3.22. The monoisotopic (exact) mass is 247 g/mol. The predicted molar refractivity (Wildman–Crippen MR) is 71.7 cm³/mol. The Balaban J connectivity index is 1.83. The summed E-state index contributed by atoms with van der Waals surface area (Å²) in [5, 5.41) is 0. The van der Waals surface area contributed by atoms with E-state index in [9.17, 15) is 4.79 Å². The topological polar surface area (TPSA) is 51.3 Å². The number of hydrogen-bond donors (Lipinski definition) is 1. The zero-order valence-electron chi connectivity index (χ0n) is 10.7. The number of nitrogens with zero attached hydrogens (tertiary/aromatic N) is 2. The molecule has 98 valence electrons. The van der Waals surface area contributed by atoms with Crippen LogP contribution in [0.15, 0.2) is 23.0 Å². The van der Waals surface area contributed by atoms with Crippen molar-refractivity contribution < 1.29 is 0 Å². The quantitative estimate of drug-likeness (QED) is 0.851. The highest BCUT2D eigenvalue weighted by molar-refractivity contribution is 5.16. The molecule has 0 radical (unpaired) electrons. The van der Waals surface area contributed by atoms with Crippen LogP contribution in [-0.4, -0.2) is 35.6 Å². The van der Waals surface area contributed by atoms with E-state index in [2.05, 4.69) is 11.0 Å². The lowest BCUT2D eigenvalue weighted by atomic mass is 9.83. The average molecular weight is 247 g/mol. The number of aromatic nitrogens is 1. The first-order valence-electron chi connectivity index (χ1n) is 6.90.